The Bertz CT molecular complexity index is 1290. The van der Waals surface area contributed by atoms with E-state index in [2.05, 4.69) is 9.98 Å². The third kappa shape index (κ3) is 6.56. The number of carbonyl (C=O) groups is 2. The van der Waals surface area contributed by atoms with Gasteiger partial charge < -0.3 is 10.2 Å². The Balaban J connectivity index is 1.27. The second-order valence-corrected chi connectivity index (χ2v) is 11.7. The summed E-state index contributed by atoms with van der Waals surface area (Å²) in [5.41, 5.74) is 2.46. The zero-order valence-corrected chi connectivity index (χ0v) is 23.6. The monoisotopic (exact) mass is 578 g/mol. The van der Waals surface area contributed by atoms with E-state index < -0.39 is 0 Å². The number of aliphatic hydroxyl groups is 2. The topological polar surface area (TPSA) is 99.3 Å². The molecule has 0 aliphatic heterocycles. The number of benzene rings is 2. The second kappa shape index (κ2) is 12.5. The van der Waals surface area contributed by atoms with E-state index in [9.17, 15) is 19.8 Å². The molecule has 8 heteroatoms. The third-order valence-corrected chi connectivity index (χ3v) is 8.64. The van der Waals surface area contributed by atoms with E-state index in [1.54, 1.807) is 24.3 Å². The molecule has 4 atom stereocenters. The maximum Gasteiger partial charge on any atom is 0.168 e. The molecule has 5 rings (SSSR count). The molecule has 0 saturated heterocycles. The van der Waals surface area contributed by atoms with Gasteiger partial charge in [0, 0.05) is 48.2 Å². The number of aliphatic hydroxyl groups excluding tert-OH is 2. The molecule has 1 saturated carbocycles. The lowest BCUT2D eigenvalue weighted by Crippen LogP contribution is -2.28. The van der Waals surface area contributed by atoms with E-state index in [1.165, 1.54) is 12.4 Å². The van der Waals surface area contributed by atoms with Crippen molar-refractivity contribution in [2.24, 2.45) is 9.98 Å². The van der Waals surface area contributed by atoms with Crippen LogP contribution in [-0.4, -0.2) is 46.3 Å². The summed E-state index contributed by atoms with van der Waals surface area (Å²) in [5.74, 6) is -0.366. The van der Waals surface area contributed by atoms with Crippen LogP contribution in [-0.2, 0) is 9.59 Å². The summed E-state index contributed by atoms with van der Waals surface area (Å²) in [6.07, 6.45) is 7.92. The molecule has 3 aliphatic carbocycles. The SMILES string of the molecule is O=C1CC(c2ccc(Cl)cc2)CC(O)=C1C=N[C@H]1CCCC[C@H]1N=CC1=C(O)CC(c2ccc(Cl)cc2)CC1=O. The van der Waals surface area contributed by atoms with E-state index in [1.807, 2.05) is 24.3 Å². The van der Waals surface area contributed by atoms with Gasteiger partial charge in [0.05, 0.1) is 23.2 Å². The first-order valence-corrected chi connectivity index (χ1v) is 14.5. The van der Waals surface area contributed by atoms with Crippen molar-refractivity contribution in [3.05, 3.63) is 92.4 Å². The zero-order chi connectivity index (χ0) is 28.2. The highest BCUT2D eigenvalue weighted by Gasteiger charge is 2.31. The summed E-state index contributed by atoms with van der Waals surface area (Å²) in [6, 6.07) is 14.4. The Morgan fingerprint density at radius 1 is 0.625 bits per heavy atom. The van der Waals surface area contributed by atoms with Crippen molar-refractivity contribution in [3.63, 3.8) is 0 Å². The van der Waals surface area contributed by atoms with Gasteiger partial charge in [0.15, 0.2) is 11.6 Å². The molecule has 0 aromatic heterocycles. The molecule has 3 aliphatic rings. The summed E-state index contributed by atoms with van der Waals surface area (Å²) in [6.45, 7) is 0. The minimum absolute atomic E-state index is 0.0499. The Kier molecular flexibility index (Phi) is 8.87. The Hall–Kier alpha value is -3.22. The number of nitrogens with zero attached hydrogens (tertiary/aromatic N) is 2. The van der Waals surface area contributed by atoms with Gasteiger partial charge in [-0.25, -0.2) is 0 Å². The van der Waals surface area contributed by atoms with Crippen LogP contribution in [0, 0.1) is 0 Å². The van der Waals surface area contributed by atoms with E-state index in [-0.39, 0.29) is 58.2 Å². The van der Waals surface area contributed by atoms with Crippen molar-refractivity contribution in [3.8, 4) is 0 Å². The minimum atomic E-state index is -0.171. The van der Waals surface area contributed by atoms with Crippen LogP contribution >= 0.6 is 23.2 Å². The lowest BCUT2D eigenvalue weighted by Gasteiger charge is -2.27. The molecule has 40 heavy (non-hydrogen) atoms. The van der Waals surface area contributed by atoms with Crippen LogP contribution in [0.2, 0.25) is 10.0 Å². The summed E-state index contributed by atoms with van der Waals surface area (Å²) in [4.78, 5) is 35.2. The maximum absolute atomic E-state index is 12.9. The van der Waals surface area contributed by atoms with Crippen molar-refractivity contribution in [1.82, 2.24) is 0 Å². The highest BCUT2D eigenvalue weighted by molar-refractivity contribution is 6.30. The van der Waals surface area contributed by atoms with Gasteiger partial charge in [0.2, 0.25) is 0 Å². The molecule has 0 radical (unpaired) electrons. The van der Waals surface area contributed by atoms with Gasteiger partial charge in [-0.05, 0) is 60.1 Å². The Morgan fingerprint density at radius 3 is 1.35 bits per heavy atom. The molecule has 1 fully saturated rings. The molecule has 2 unspecified atom stereocenters. The number of allylic oxidation sites excluding steroid dienone is 4. The van der Waals surface area contributed by atoms with Gasteiger partial charge in [0.25, 0.3) is 0 Å². The van der Waals surface area contributed by atoms with Crippen LogP contribution < -0.4 is 0 Å². The van der Waals surface area contributed by atoms with Gasteiger partial charge in [-0.1, -0.05) is 60.3 Å². The quantitative estimate of drug-likeness (QED) is 0.343. The zero-order valence-electron chi connectivity index (χ0n) is 22.1. The van der Waals surface area contributed by atoms with Crippen LogP contribution in [0.25, 0.3) is 0 Å². The maximum atomic E-state index is 12.9. The van der Waals surface area contributed by atoms with Gasteiger partial charge in [-0.3, -0.25) is 19.6 Å². The van der Waals surface area contributed by atoms with Crippen LogP contribution in [0.15, 0.2) is 81.2 Å². The number of rotatable bonds is 6. The van der Waals surface area contributed by atoms with Gasteiger partial charge in [0.1, 0.15) is 11.5 Å². The minimum Gasteiger partial charge on any atom is -0.511 e. The first-order valence-electron chi connectivity index (χ1n) is 13.8. The van der Waals surface area contributed by atoms with E-state index in [0.717, 1.165) is 36.8 Å². The summed E-state index contributed by atoms with van der Waals surface area (Å²) in [7, 11) is 0. The smallest absolute Gasteiger partial charge is 0.168 e. The number of ketones is 2. The summed E-state index contributed by atoms with van der Waals surface area (Å²) < 4.78 is 0. The normalized spacial score (nSPS) is 26.4. The van der Waals surface area contributed by atoms with Crippen molar-refractivity contribution in [2.75, 3.05) is 0 Å². The molecule has 0 bridgehead atoms. The molecule has 6 nitrogen and oxygen atoms in total. The lowest BCUT2D eigenvalue weighted by molar-refractivity contribution is -0.117. The van der Waals surface area contributed by atoms with Crippen LogP contribution in [0.3, 0.4) is 0 Å². The highest BCUT2D eigenvalue weighted by atomic mass is 35.5. The summed E-state index contributed by atoms with van der Waals surface area (Å²) in [5, 5.41) is 22.7. The van der Waals surface area contributed by atoms with Gasteiger partial charge in [-0.2, -0.15) is 0 Å². The summed E-state index contributed by atoms with van der Waals surface area (Å²) >= 11 is 12.0. The number of hydrogen-bond acceptors (Lipinski definition) is 6. The molecular weight excluding hydrogens is 547 g/mol. The molecule has 208 valence electrons. The third-order valence-electron chi connectivity index (χ3n) is 8.13. The molecular formula is C32H32Cl2N2O4. The van der Waals surface area contributed by atoms with Crippen LogP contribution in [0.4, 0.5) is 0 Å². The number of aliphatic imine (C=N–C) groups is 2. The lowest BCUT2D eigenvalue weighted by atomic mass is 9.82. The number of hydrogen-bond donors (Lipinski definition) is 2. The Labute approximate surface area is 244 Å². The molecule has 0 spiro atoms. The van der Waals surface area contributed by atoms with Crippen molar-refractivity contribution in [2.45, 2.75) is 75.3 Å². The predicted molar refractivity (Wildman–Crippen MR) is 159 cm³/mol. The molecule has 2 aromatic rings. The van der Waals surface area contributed by atoms with Crippen molar-refractivity contribution < 1.29 is 19.8 Å². The highest BCUT2D eigenvalue weighted by Crippen LogP contribution is 2.35. The number of carbonyl (C=O) groups excluding carboxylic acids is 2. The Morgan fingerprint density at radius 2 is 1.00 bits per heavy atom. The fraction of sp³-hybridized carbons (Fsp3) is 0.375. The number of Topliss-reactive ketones (excluding diaryl/α,β-unsaturated/α-hetero) is 2. The predicted octanol–water partition coefficient (Wildman–Crippen LogP) is 7.66. The molecule has 0 heterocycles. The first-order chi connectivity index (χ1) is 19.3. The molecule has 2 aromatic carbocycles. The second-order valence-electron chi connectivity index (χ2n) is 10.9. The standard InChI is InChI=1S/C32H32Cl2N2O4/c33-23-9-5-19(6-10-23)21-13-29(37)25(30(38)14-21)17-35-27-3-1-2-4-28(27)36-18-26-31(39)15-22(16-32(26)40)20-7-11-24(34)12-8-20/h5-12,17-18,21-22,27-28,37,39H,1-4,13-16H2/t21?,22?,27-,28+. The first kappa shape index (κ1) is 28.3. The van der Waals surface area contributed by atoms with Crippen molar-refractivity contribution >= 4 is 47.2 Å². The average Bonchev–Trinajstić information content (AvgIpc) is 2.93. The van der Waals surface area contributed by atoms with Crippen LogP contribution in [0.1, 0.15) is 74.3 Å². The fourth-order valence-corrected chi connectivity index (χ4v) is 6.09. The average molecular weight is 580 g/mol. The van der Waals surface area contributed by atoms with E-state index in [0.29, 0.717) is 35.7 Å². The van der Waals surface area contributed by atoms with Gasteiger partial charge in [-0.15, -0.1) is 0 Å². The molecule has 0 amide bonds. The van der Waals surface area contributed by atoms with Crippen molar-refractivity contribution in [1.29, 1.82) is 0 Å². The largest absolute Gasteiger partial charge is 0.511 e. The molecule has 2 N–H and O–H groups in total. The van der Waals surface area contributed by atoms with Gasteiger partial charge >= 0.3 is 0 Å². The van der Waals surface area contributed by atoms with E-state index >= 15 is 0 Å². The fourth-order valence-electron chi connectivity index (χ4n) is 5.83. The van der Waals surface area contributed by atoms with Crippen LogP contribution in [0.5, 0.6) is 0 Å². The van der Waals surface area contributed by atoms with E-state index in [4.69, 9.17) is 23.2 Å². The number of halogens is 2.